The van der Waals surface area contributed by atoms with Crippen LogP contribution >= 0.6 is 11.3 Å². The average Bonchev–Trinajstić information content (AvgIpc) is 3.16. The lowest BCUT2D eigenvalue weighted by Crippen LogP contribution is -2.21. The molecular formula is C16H15N3OS. The van der Waals surface area contributed by atoms with Crippen LogP contribution in [-0.4, -0.2) is 15.5 Å². The molecule has 0 aliphatic heterocycles. The highest BCUT2D eigenvalue weighted by Crippen LogP contribution is 2.38. The first-order valence-corrected chi connectivity index (χ1v) is 7.89. The third kappa shape index (κ3) is 2.56. The van der Waals surface area contributed by atoms with E-state index in [0.29, 0.717) is 12.6 Å². The molecule has 4 nitrogen and oxygen atoms in total. The first-order valence-electron chi connectivity index (χ1n) is 7.08. The van der Waals surface area contributed by atoms with Crippen LogP contribution in [0, 0.1) is 0 Å². The van der Waals surface area contributed by atoms with Gasteiger partial charge in [-0.25, -0.2) is 0 Å². The Morgan fingerprint density at radius 1 is 1.33 bits per heavy atom. The second-order valence-electron chi connectivity index (χ2n) is 5.40. The average molecular weight is 297 g/mol. The van der Waals surface area contributed by atoms with Gasteiger partial charge in [0.2, 0.25) is 0 Å². The molecule has 0 aromatic carbocycles. The number of amides is 1. The van der Waals surface area contributed by atoms with E-state index in [1.807, 2.05) is 18.2 Å². The molecular weight excluding hydrogens is 282 g/mol. The molecule has 3 heterocycles. The van der Waals surface area contributed by atoms with Crippen molar-refractivity contribution in [3.63, 3.8) is 0 Å². The molecule has 21 heavy (non-hydrogen) atoms. The molecule has 1 aliphatic rings. The standard InChI is InChI=1S/C16H15N3OS/c20-16(18-8-11-3-5-17-6-4-11)14-7-12-9-19(13-1-2-13)10-15(12)21-14/h3-7,9-10,13H,1-2,8H2,(H,18,20). The molecule has 5 heteroatoms. The van der Waals surface area contributed by atoms with Gasteiger partial charge < -0.3 is 9.88 Å². The molecule has 0 atom stereocenters. The summed E-state index contributed by atoms with van der Waals surface area (Å²) < 4.78 is 3.47. The number of aromatic nitrogens is 2. The van der Waals surface area contributed by atoms with Gasteiger partial charge in [0.15, 0.2) is 0 Å². The van der Waals surface area contributed by atoms with Crippen LogP contribution in [-0.2, 0) is 6.54 Å². The van der Waals surface area contributed by atoms with Gasteiger partial charge in [0.25, 0.3) is 5.91 Å². The molecule has 1 N–H and O–H groups in total. The number of fused-ring (bicyclic) bond motifs is 1. The van der Waals surface area contributed by atoms with Crippen LogP contribution in [0.3, 0.4) is 0 Å². The van der Waals surface area contributed by atoms with Crippen molar-refractivity contribution in [1.82, 2.24) is 14.9 Å². The lowest BCUT2D eigenvalue weighted by atomic mass is 10.2. The highest BCUT2D eigenvalue weighted by molar-refractivity contribution is 7.20. The van der Waals surface area contributed by atoms with Gasteiger partial charge in [-0.05, 0) is 36.6 Å². The van der Waals surface area contributed by atoms with Crippen LogP contribution in [0.5, 0.6) is 0 Å². The van der Waals surface area contributed by atoms with E-state index >= 15 is 0 Å². The number of nitrogens with one attached hydrogen (secondary N) is 1. The van der Waals surface area contributed by atoms with Gasteiger partial charge in [0, 0.05) is 42.8 Å². The van der Waals surface area contributed by atoms with Crippen LogP contribution in [0.25, 0.3) is 10.1 Å². The first kappa shape index (κ1) is 12.6. The van der Waals surface area contributed by atoms with Crippen LogP contribution < -0.4 is 5.32 Å². The van der Waals surface area contributed by atoms with Gasteiger partial charge in [-0.2, -0.15) is 0 Å². The summed E-state index contributed by atoms with van der Waals surface area (Å²) in [6, 6.07) is 6.49. The van der Waals surface area contributed by atoms with Gasteiger partial charge in [0.05, 0.1) is 9.58 Å². The summed E-state index contributed by atoms with van der Waals surface area (Å²) in [5, 5.41) is 4.12. The van der Waals surface area contributed by atoms with Crippen LogP contribution in [0.15, 0.2) is 43.0 Å². The second-order valence-corrected chi connectivity index (χ2v) is 6.49. The molecule has 3 aromatic rings. The normalized spacial score (nSPS) is 14.5. The summed E-state index contributed by atoms with van der Waals surface area (Å²) in [6.07, 6.45) is 10.3. The van der Waals surface area contributed by atoms with Crippen molar-refractivity contribution in [2.75, 3.05) is 0 Å². The van der Waals surface area contributed by atoms with Crippen molar-refractivity contribution in [3.8, 4) is 0 Å². The largest absolute Gasteiger partial charge is 0.349 e. The van der Waals surface area contributed by atoms with Crippen molar-refractivity contribution in [3.05, 3.63) is 53.4 Å². The third-order valence-electron chi connectivity index (χ3n) is 3.74. The molecule has 0 spiro atoms. The number of rotatable bonds is 4. The summed E-state index contributed by atoms with van der Waals surface area (Å²) in [5.74, 6) is -0.00835. The fourth-order valence-electron chi connectivity index (χ4n) is 2.42. The lowest BCUT2D eigenvalue weighted by Gasteiger charge is -2.03. The molecule has 1 saturated carbocycles. The number of nitrogens with zero attached hydrogens (tertiary/aromatic N) is 2. The fraction of sp³-hybridized carbons (Fsp3) is 0.250. The molecule has 3 aromatic heterocycles. The smallest absolute Gasteiger partial charge is 0.261 e. The first-order chi connectivity index (χ1) is 10.3. The Bertz CT molecular complexity index is 755. The maximum Gasteiger partial charge on any atom is 0.261 e. The SMILES string of the molecule is O=C(NCc1ccncc1)c1cc2cn(C3CC3)cc2s1. The van der Waals surface area contributed by atoms with E-state index < -0.39 is 0 Å². The zero-order valence-corrected chi connectivity index (χ0v) is 12.3. The van der Waals surface area contributed by atoms with E-state index in [0.717, 1.165) is 10.4 Å². The Balaban J connectivity index is 1.47. The molecule has 0 radical (unpaired) electrons. The molecule has 1 aliphatic carbocycles. The Morgan fingerprint density at radius 2 is 2.14 bits per heavy atom. The number of pyridine rings is 1. The summed E-state index contributed by atoms with van der Waals surface area (Å²) in [7, 11) is 0. The van der Waals surface area contributed by atoms with Crippen molar-refractivity contribution in [2.45, 2.75) is 25.4 Å². The monoisotopic (exact) mass is 297 g/mol. The van der Waals surface area contributed by atoms with Crippen molar-refractivity contribution in [2.24, 2.45) is 0 Å². The molecule has 1 amide bonds. The van der Waals surface area contributed by atoms with Crippen LogP contribution in [0.2, 0.25) is 0 Å². The molecule has 106 valence electrons. The van der Waals surface area contributed by atoms with E-state index in [-0.39, 0.29) is 5.91 Å². The van der Waals surface area contributed by atoms with Gasteiger partial charge >= 0.3 is 0 Å². The maximum atomic E-state index is 12.2. The van der Waals surface area contributed by atoms with Crippen LogP contribution in [0.4, 0.5) is 0 Å². The predicted molar refractivity (Wildman–Crippen MR) is 83.5 cm³/mol. The summed E-state index contributed by atoms with van der Waals surface area (Å²) in [5.41, 5.74) is 1.06. The van der Waals surface area contributed by atoms with Crippen molar-refractivity contribution >= 4 is 27.3 Å². The minimum atomic E-state index is -0.00835. The molecule has 0 bridgehead atoms. The predicted octanol–water partition coefficient (Wildman–Crippen LogP) is 3.36. The second kappa shape index (κ2) is 5.00. The third-order valence-corrected chi connectivity index (χ3v) is 4.82. The zero-order valence-electron chi connectivity index (χ0n) is 11.5. The minimum Gasteiger partial charge on any atom is -0.349 e. The molecule has 1 fully saturated rings. The number of carbonyl (C=O) groups excluding carboxylic acids is 1. The summed E-state index contributed by atoms with van der Waals surface area (Å²) in [4.78, 5) is 16.9. The highest BCUT2D eigenvalue weighted by Gasteiger charge is 2.23. The topological polar surface area (TPSA) is 46.9 Å². The quantitative estimate of drug-likeness (QED) is 0.802. The Labute approximate surface area is 126 Å². The minimum absolute atomic E-state index is 0.00835. The Morgan fingerprint density at radius 3 is 2.86 bits per heavy atom. The van der Waals surface area contributed by atoms with E-state index in [9.17, 15) is 4.79 Å². The zero-order chi connectivity index (χ0) is 14.2. The highest BCUT2D eigenvalue weighted by atomic mass is 32.1. The van der Waals surface area contributed by atoms with E-state index in [2.05, 4.69) is 27.3 Å². The molecule has 0 unspecified atom stereocenters. The lowest BCUT2D eigenvalue weighted by molar-refractivity contribution is 0.0955. The number of hydrogen-bond donors (Lipinski definition) is 1. The number of carbonyl (C=O) groups is 1. The van der Waals surface area contributed by atoms with Gasteiger partial charge in [-0.1, -0.05) is 0 Å². The van der Waals surface area contributed by atoms with E-state index in [1.165, 1.54) is 22.9 Å². The molecule has 0 saturated heterocycles. The fourth-order valence-corrected chi connectivity index (χ4v) is 3.41. The van der Waals surface area contributed by atoms with Crippen molar-refractivity contribution < 1.29 is 4.79 Å². The van der Waals surface area contributed by atoms with Crippen molar-refractivity contribution in [1.29, 1.82) is 0 Å². The molecule has 4 rings (SSSR count). The maximum absolute atomic E-state index is 12.2. The van der Waals surface area contributed by atoms with E-state index in [1.54, 1.807) is 23.7 Å². The van der Waals surface area contributed by atoms with Gasteiger partial charge in [0.1, 0.15) is 0 Å². The van der Waals surface area contributed by atoms with Crippen LogP contribution in [0.1, 0.15) is 34.1 Å². The Kier molecular flexibility index (Phi) is 3.00. The summed E-state index contributed by atoms with van der Waals surface area (Å²) in [6.45, 7) is 0.533. The number of thiophene rings is 1. The van der Waals surface area contributed by atoms with Gasteiger partial charge in [-0.3, -0.25) is 9.78 Å². The summed E-state index contributed by atoms with van der Waals surface area (Å²) >= 11 is 1.56. The number of hydrogen-bond acceptors (Lipinski definition) is 3. The van der Waals surface area contributed by atoms with Gasteiger partial charge in [-0.15, -0.1) is 11.3 Å². The Hall–Kier alpha value is -2.14. The van der Waals surface area contributed by atoms with E-state index in [4.69, 9.17) is 0 Å².